The molecule has 2 aliphatic rings. The van der Waals surface area contributed by atoms with Gasteiger partial charge >= 0.3 is 6.09 Å². The van der Waals surface area contributed by atoms with Gasteiger partial charge in [0, 0.05) is 23.8 Å². The highest BCUT2D eigenvalue weighted by atomic mass is 32.1. The lowest BCUT2D eigenvalue weighted by Crippen LogP contribution is -2.32. The van der Waals surface area contributed by atoms with Crippen LogP contribution in [0.25, 0.3) is 0 Å². The number of nitrogens with one attached hydrogen (secondary N) is 2. The molecule has 0 spiro atoms. The van der Waals surface area contributed by atoms with Crippen LogP contribution in [0.15, 0.2) is 24.3 Å². The summed E-state index contributed by atoms with van der Waals surface area (Å²) in [5.74, 6) is 0.632. The van der Waals surface area contributed by atoms with Gasteiger partial charge in [-0.3, -0.25) is 4.79 Å². The van der Waals surface area contributed by atoms with E-state index in [1.807, 2.05) is 24.3 Å². The van der Waals surface area contributed by atoms with Crippen LogP contribution in [-0.2, 0) is 28.8 Å². The van der Waals surface area contributed by atoms with Gasteiger partial charge in [-0.25, -0.2) is 4.79 Å². The maximum atomic E-state index is 12.5. The van der Waals surface area contributed by atoms with Crippen molar-refractivity contribution >= 4 is 28.3 Å². The van der Waals surface area contributed by atoms with Crippen molar-refractivity contribution in [2.24, 2.45) is 0 Å². The third kappa shape index (κ3) is 5.36. The van der Waals surface area contributed by atoms with Gasteiger partial charge < -0.3 is 20.1 Å². The van der Waals surface area contributed by atoms with E-state index in [0.717, 1.165) is 34.6 Å². The number of benzene rings is 1. The molecule has 2 aliphatic carbocycles. The fourth-order valence-corrected chi connectivity index (χ4v) is 5.00. The largest absolute Gasteiger partial charge is 0.497 e. The molecular formula is C23H25N3O4S. The first-order chi connectivity index (χ1) is 15.1. The van der Waals surface area contributed by atoms with Crippen molar-refractivity contribution in [2.45, 2.75) is 57.1 Å². The van der Waals surface area contributed by atoms with Crippen molar-refractivity contribution in [1.29, 1.82) is 5.26 Å². The highest BCUT2D eigenvalue weighted by Gasteiger charge is 2.30. The van der Waals surface area contributed by atoms with E-state index < -0.39 is 0 Å². The van der Waals surface area contributed by atoms with E-state index in [9.17, 15) is 14.9 Å². The van der Waals surface area contributed by atoms with Crippen LogP contribution in [0.2, 0.25) is 0 Å². The summed E-state index contributed by atoms with van der Waals surface area (Å²) in [5, 5.41) is 16.0. The second-order valence-corrected chi connectivity index (χ2v) is 9.01. The lowest BCUT2D eigenvalue weighted by molar-refractivity contribution is -0.116. The van der Waals surface area contributed by atoms with E-state index in [-0.39, 0.29) is 24.1 Å². The third-order valence-electron chi connectivity index (χ3n) is 5.53. The van der Waals surface area contributed by atoms with Crippen molar-refractivity contribution in [1.82, 2.24) is 5.32 Å². The number of rotatable bonds is 7. The molecule has 2 amide bonds. The van der Waals surface area contributed by atoms with Gasteiger partial charge in [-0.2, -0.15) is 5.26 Å². The molecule has 0 saturated heterocycles. The summed E-state index contributed by atoms with van der Waals surface area (Å²) >= 11 is 1.41. The number of nitriles is 1. The molecule has 1 aromatic heterocycles. The first kappa shape index (κ1) is 21.2. The monoisotopic (exact) mass is 439 g/mol. The average molecular weight is 440 g/mol. The molecule has 1 saturated carbocycles. The van der Waals surface area contributed by atoms with E-state index in [2.05, 4.69) is 16.7 Å². The summed E-state index contributed by atoms with van der Waals surface area (Å²) in [4.78, 5) is 25.5. The van der Waals surface area contributed by atoms with Gasteiger partial charge in [0.05, 0.1) is 12.7 Å². The van der Waals surface area contributed by atoms with Gasteiger partial charge in [-0.15, -0.1) is 11.3 Å². The number of fused-ring (bicyclic) bond motifs is 1. The Labute approximate surface area is 185 Å². The molecule has 7 nitrogen and oxygen atoms in total. The summed E-state index contributed by atoms with van der Waals surface area (Å²) < 4.78 is 10.8. The van der Waals surface area contributed by atoms with Crippen LogP contribution in [0.4, 0.5) is 9.80 Å². The lowest BCUT2D eigenvalue weighted by Gasteiger charge is -2.22. The van der Waals surface area contributed by atoms with E-state index in [4.69, 9.17) is 9.47 Å². The van der Waals surface area contributed by atoms with Gasteiger partial charge in [-0.1, -0.05) is 12.1 Å². The number of ether oxygens (including phenoxy) is 2. The SMILES string of the molecule is COc1cccc(CCC(=O)Nc2sc3c(c2C#N)CCC(OC(=O)NC2CC2)C3)c1. The van der Waals surface area contributed by atoms with Crippen LogP contribution in [0.1, 0.15) is 47.3 Å². The number of hydrogen-bond acceptors (Lipinski definition) is 6. The molecule has 0 bridgehead atoms. The quantitative estimate of drug-likeness (QED) is 0.680. The molecule has 8 heteroatoms. The van der Waals surface area contributed by atoms with Gasteiger partial charge in [-0.05, 0) is 55.4 Å². The zero-order valence-corrected chi connectivity index (χ0v) is 18.2. The Kier molecular flexibility index (Phi) is 6.42. The van der Waals surface area contributed by atoms with Crippen LogP contribution >= 0.6 is 11.3 Å². The standard InChI is InChI=1S/C23H25N3O4S/c1-29-16-4-2-3-14(11-16)5-10-21(27)26-22-19(13-24)18-9-8-17(12-20(18)31-22)30-23(28)25-15-6-7-15/h2-4,11,15,17H,5-10,12H2,1H3,(H,25,28)(H,26,27). The van der Waals surface area contributed by atoms with E-state index >= 15 is 0 Å². The van der Waals surface area contributed by atoms with Gasteiger partial charge in [0.1, 0.15) is 22.9 Å². The zero-order valence-electron chi connectivity index (χ0n) is 17.4. The maximum absolute atomic E-state index is 12.5. The topological polar surface area (TPSA) is 100 Å². The molecule has 1 fully saturated rings. The van der Waals surface area contributed by atoms with Crippen LogP contribution in [0.3, 0.4) is 0 Å². The molecule has 0 radical (unpaired) electrons. The molecule has 1 unspecified atom stereocenters. The number of anilines is 1. The van der Waals surface area contributed by atoms with Crippen molar-refractivity contribution in [3.63, 3.8) is 0 Å². The molecule has 0 aliphatic heterocycles. The van der Waals surface area contributed by atoms with Crippen LogP contribution in [0, 0.1) is 11.3 Å². The lowest BCUT2D eigenvalue weighted by atomic mass is 9.94. The van der Waals surface area contributed by atoms with Crippen molar-refractivity contribution in [3.05, 3.63) is 45.8 Å². The molecule has 4 rings (SSSR count). The number of methoxy groups -OCH3 is 1. The van der Waals surface area contributed by atoms with Crippen LogP contribution in [-0.4, -0.2) is 31.3 Å². The minimum atomic E-state index is -0.362. The third-order valence-corrected chi connectivity index (χ3v) is 6.70. The van der Waals surface area contributed by atoms with E-state index in [1.165, 1.54) is 11.3 Å². The Morgan fingerprint density at radius 1 is 1.29 bits per heavy atom. The molecule has 31 heavy (non-hydrogen) atoms. The average Bonchev–Trinajstić information content (AvgIpc) is 3.51. The minimum Gasteiger partial charge on any atom is -0.497 e. The summed E-state index contributed by atoms with van der Waals surface area (Å²) in [6.07, 6.45) is 4.28. The number of nitrogens with zero attached hydrogens (tertiary/aromatic N) is 1. The zero-order chi connectivity index (χ0) is 21.8. The highest BCUT2D eigenvalue weighted by Crippen LogP contribution is 2.38. The second kappa shape index (κ2) is 9.40. The Hall–Kier alpha value is -3.05. The van der Waals surface area contributed by atoms with Crippen molar-refractivity contribution in [3.8, 4) is 11.8 Å². The number of alkyl carbamates (subject to hydrolysis) is 1. The Bertz CT molecular complexity index is 1020. The molecule has 2 aromatic rings. The van der Waals surface area contributed by atoms with E-state index in [0.29, 0.717) is 42.7 Å². The second-order valence-electron chi connectivity index (χ2n) is 7.91. The summed E-state index contributed by atoms with van der Waals surface area (Å²) in [7, 11) is 1.61. The fourth-order valence-electron chi connectivity index (χ4n) is 3.72. The molecule has 2 N–H and O–H groups in total. The van der Waals surface area contributed by atoms with Gasteiger partial charge in [0.15, 0.2) is 0 Å². The molecule has 162 valence electrons. The van der Waals surface area contributed by atoms with Crippen molar-refractivity contribution in [2.75, 3.05) is 12.4 Å². The van der Waals surface area contributed by atoms with Crippen LogP contribution < -0.4 is 15.4 Å². The highest BCUT2D eigenvalue weighted by molar-refractivity contribution is 7.16. The Balaban J connectivity index is 1.36. The molecular weight excluding hydrogens is 414 g/mol. The minimum absolute atomic E-state index is 0.130. The smallest absolute Gasteiger partial charge is 0.407 e. The Morgan fingerprint density at radius 3 is 2.87 bits per heavy atom. The predicted molar refractivity (Wildman–Crippen MR) is 117 cm³/mol. The summed E-state index contributed by atoms with van der Waals surface area (Å²) in [6, 6.07) is 10.1. The maximum Gasteiger partial charge on any atom is 0.407 e. The first-order valence-corrected chi connectivity index (χ1v) is 11.3. The fraction of sp³-hybridized carbons (Fsp3) is 0.435. The molecule has 1 aromatic carbocycles. The summed E-state index contributed by atoms with van der Waals surface area (Å²) in [6.45, 7) is 0. The van der Waals surface area contributed by atoms with E-state index in [1.54, 1.807) is 7.11 Å². The number of amides is 2. The number of carbonyl (C=O) groups is 2. The van der Waals surface area contributed by atoms with Gasteiger partial charge in [0.25, 0.3) is 0 Å². The number of hydrogen-bond donors (Lipinski definition) is 2. The predicted octanol–water partition coefficient (Wildman–Crippen LogP) is 3.95. The Morgan fingerprint density at radius 2 is 2.13 bits per heavy atom. The molecule has 1 heterocycles. The number of thiophene rings is 1. The normalized spacial score (nSPS) is 17.2. The number of carbonyl (C=O) groups excluding carboxylic acids is 2. The van der Waals surface area contributed by atoms with Crippen molar-refractivity contribution < 1.29 is 19.1 Å². The summed E-state index contributed by atoms with van der Waals surface area (Å²) in [5.41, 5.74) is 2.53. The first-order valence-electron chi connectivity index (χ1n) is 10.5. The number of aryl methyl sites for hydroxylation is 1. The van der Waals surface area contributed by atoms with Crippen LogP contribution in [0.5, 0.6) is 5.75 Å². The molecule has 1 atom stereocenters. The van der Waals surface area contributed by atoms with Gasteiger partial charge in [0.2, 0.25) is 5.91 Å².